The molecule has 0 bridgehead atoms. The number of anilines is 1. The fraction of sp³-hybridized carbons (Fsp3) is 0.583. The molecule has 0 fully saturated rings. The lowest BCUT2D eigenvalue weighted by molar-refractivity contribution is 0.818. The van der Waals surface area contributed by atoms with Gasteiger partial charge < -0.3 is 5.73 Å². The Kier molecular flexibility index (Phi) is 5.23. The van der Waals surface area contributed by atoms with Gasteiger partial charge in [0.15, 0.2) is 5.16 Å². The van der Waals surface area contributed by atoms with Crippen molar-refractivity contribution in [2.75, 3.05) is 5.73 Å². The van der Waals surface area contributed by atoms with Gasteiger partial charge in [0.1, 0.15) is 17.5 Å². The summed E-state index contributed by atoms with van der Waals surface area (Å²) in [6.07, 6.45) is 2.76. The largest absolute Gasteiger partial charge is 0.382 e. The summed E-state index contributed by atoms with van der Waals surface area (Å²) in [5.74, 6) is 0.303. The van der Waals surface area contributed by atoms with Crippen LogP contribution in [-0.4, -0.2) is 15.2 Å². The molecule has 0 spiro atoms. The summed E-state index contributed by atoms with van der Waals surface area (Å²) in [7, 11) is 0. The smallest absolute Gasteiger partial charge is 0.190 e. The Morgan fingerprint density at radius 1 is 1.41 bits per heavy atom. The molecule has 0 aliphatic heterocycles. The van der Waals surface area contributed by atoms with E-state index in [4.69, 9.17) is 11.0 Å². The van der Waals surface area contributed by atoms with Crippen LogP contribution in [0, 0.1) is 11.3 Å². The fourth-order valence-electron chi connectivity index (χ4n) is 1.36. The Morgan fingerprint density at radius 3 is 2.65 bits per heavy atom. The number of hydrogen-bond acceptors (Lipinski definition) is 5. The number of nitriles is 1. The molecule has 4 nitrogen and oxygen atoms in total. The van der Waals surface area contributed by atoms with Crippen molar-refractivity contribution in [1.82, 2.24) is 9.97 Å². The molecule has 0 aliphatic carbocycles. The molecule has 1 unspecified atom stereocenters. The van der Waals surface area contributed by atoms with Gasteiger partial charge in [0.05, 0.1) is 5.69 Å². The zero-order chi connectivity index (χ0) is 12.8. The standard InChI is InChI=1S/C12H18N4S/c1-4-6-10-9(7-13)11(14)16-12(15-10)17-8(3)5-2/h8H,4-6H2,1-3H3,(H2,14,15,16). The van der Waals surface area contributed by atoms with Crippen LogP contribution in [0.5, 0.6) is 0 Å². The topological polar surface area (TPSA) is 75.6 Å². The molecule has 1 rings (SSSR count). The Bertz CT molecular complexity index is 425. The summed E-state index contributed by atoms with van der Waals surface area (Å²) in [5, 5.41) is 10.2. The second-order valence-electron chi connectivity index (χ2n) is 3.91. The third-order valence-electron chi connectivity index (χ3n) is 2.47. The van der Waals surface area contributed by atoms with Gasteiger partial charge in [-0.3, -0.25) is 0 Å². The number of aryl methyl sites for hydroxylation is 1. The number of nitrogen functional groups attached to an aromatic ring is 1. The zero-order valence-electron chi connectivity index (χ0n) is 10.5. The summed E-state index contributed by atoms with van der Waals surface area (Å²) in [6, 6.07) is 2.08. The molecule has 2 N–H and O–H groups in total. The predicted molar refractivity (Wildman–Crippen MR) is 70.8 cm³/mol. The average Bonchev–Trinajstić information content (AvgIpc) is 2.29. The zero-order valence-corrected chi connectivity index (χ0v) is 11.3. The minimum atomic E-state index is 0.303. The van der Waals surface area contributed by atoms with E-state index in [2.05, 4.69) is 36.8 Å². The molecule has 17 heavy (non-hydrogen) atoms. The SMILES string of the molecule is CCCc1nc(SC(C)CC)nc(N)c1C#N. The first kappa shape index (κ1) is 13.8. The van der Waals surface area contributed by atoms with Crippen molar-refractivity contribution in [3.8, 4) is 6.07 Å². The molecule has 5 heteroatoms. The molecule has 1 heterocycles. The lowest BCUT2D eigenvalue weighted by Gasteiger charge is -2.10. The quantitative estimate of drug-likeness (QED) is 0.642. The summed E-state index contributed by atoms with van der Waals surface area (Å²) in [5.41, 5.74) is 7.00. The molecule has 0 aromatic carbocycles. The highest BCUT2D eigenvalue weighted by atomic mass is 32.2. The Morgan fingerprint density at radius 2 is 2.12 bits per heavy atom. The molecule has 1 aromatic rings. The van der Waals surface area contributed by atoms with Gasteiger partial charge in [0, 0.05) is 5.25 Å². The highest BCUT2D eigenvalue weighted by molar-refractivity contribution is 7.99. The summed E-state index contributed by atoms with van der Waals surface area (Å²) >= 11 is 1.61. The van der Waals surface area contributed by atoms with Crippen molar-refractivity contribution in [2.45, 2.75) is 50.4 Å². The lowest BCUT2D eigenvalue weighted by atomic mass is 10.1. The maximum atomic E-state index is 9.03. The summed E-state index contributed by atoms with van der Waals surface area (Å²) in [6.45, 7) is 6.31. The van der Waals surface area contributed by atoms with Gasteiger partial charge in [0.25, 0.3) is 0 Å². The van der Waals surface area contributed by atoms with Crippen molar-refractivity contribution in [1.29, 1.82) is 5.26 Å². The van der Waals surface area contributed by atoms with Crippen molar-refractivity contribution in [3.63, 3.8) is 0 Å². The molecule has 1 atom stereocenters. The number of nitrogens with two attached hydrogens (primary N) is 1. The van der Waals surface area contributed by atoms with Crippen molar-refractivity contribution < 1.29 is 0 Å². The first-order chi connectivity index (χ1) is 8.12. The second kappa shape index (κ2) is 6.45. The molecule has 0 aliphatic rings. The lowest BCUT2D eigenvalue weighted by Crippen LogP contribution is -2.06. The van der Waals surface area contributed by atoms with E-state index in [-0.39, 0.29) is 0 Å². The fourth-order valence-corrected chi connectivity index (χ4v) is 2.20. The molecular weight excluding hydrogens is 232 g/mol. The van der Waals surface area contributed by atoms with E-state index in [1.807, 2.05) is 0 Å². The van der Waals surface area contributed by atoms with Crippen LogP contribution >= 0.6 is 11.8 Å². The van der Waals surface area contributed by atoms with Gasteiger partial charge in [-0.15, -0.1) is 0 Å². The first-order valence-electron chi connectivity index (χ1n) is 5.85. The highest BCUT2D eigenvalue weighted by Crippen LogP contribution is 2.25. The van der Waals surface area contributed by atoms with Crippen LogP contribution in [0.15, 0.2) is 5.16 Å². The highest BCUT2D eigenvalue weighted by Gasteiger charge is 2.13. The van der Waals surface area contributed by atoms with E-state index >= 15 is 0 Å². The molecular formula is C12H18N4S. The third kappa shape index (κ3) is 3.60. The third-order valence-corrected chi connectivity index (χ3v) is 3.60. The Hall–Kier alpha value is -1.28. The summed E-state index contributed by atoms with van der Waals surface area (Å²) < 4.78 is 0. The van der Waals surface area contributed by atoms with Crippen LogP contribution in [0.2, 0.25) is 0 Å². The van der Waals surface area contributed by atoms with Gasteiger partial charge in [-0.05, 0) is 12.8 Å². The van der Waals surface area contributed by atoms with Crippen LogP contribution in [0.25, 0.3) is 0 Å². The van der Waals surface area contributed by atoms with Crippen molar-refractivity contribution in [2.24, 2.45) is 0 Å². The number of nitrogens with zero attached hydrogens (tertiary/aromatic N) is 3. The van der Waals surface area contributed by atoms with Crippen LogP contribution in [0.1, 0.15) is 44.9 Å². The number of thioether (sulfide) groups is 1. The van der Waals surface area contributed by atoms with Crippen LogP contribution in [-0.2, 0) is 6.42 Å². The number of rotatable bonds is 5. The van der Waals surface area contributed by atoms with E-state index in [9.17, 15) is 0 Å². The normalized spacial score (nSPS) is 12.1. The maximum absolute atomic E-state index is 9.03. The van der Waals surface area contributed by atoms with E-state index in [1.165, 1.54) is 0 Å². The minimum Gasteiger partial charge on any atom is -0.382 e. The van der Waals surface area contributed by atoms with E-state index < -0.39 is 0 Å². The number of hydrogen-bond donors (Lipinski definition) is 1. The van der Waals surface area contributed by atoms with E-state index in [1.54, 1.807) is 11.8 Å². The molecule has 0 saturated heterocycles. The molecule has 0 saturated carbocycles. The molecule has 0 radical (unpaired) electrons. The Labute approximate surface area is 107 Å². The predicted octanol–water partition coefficient (Wildman–Crippen LogP) is 2.77. The van der Waals surface area contributed by atoms with Gasteiger partial charge in [0.2, 0.25) is 0 Å². The van der Waals surface area contributed by atoms with E-state index in [0.717, 1.165) is 25.0 Å². The summed E-state index contributed by atoms with van der Waals surface area (Å²) in [4.78, 5) is 8.61. The molecule has 0 amide bonds. The van der Waals surface area contributed by atoms with Crippen LogP contribution < -0.4 is 5.73 Å². The molecule has 92 valence electrons. The first-order valence-corrected chi connectivity index (χ1v) is 6.73. The van der Waals surface area contributed by atoms with Crippen molar-refractivity contribution >= 4 is 17.6 Å². The average molecular weight is 250 g/mol. The maximum Gasteiger partial charge on any atom is 0.190 e. The minimum absolute atomic E-state index is 0.303. The van der Waals surface area contributed by atoms with E-state index in [0.29, 0.717) is 21.8 Å². The van der Waals surface area contributed by atoms with Crippen LogP contribution in [0.3, 0.4) is 0 Å². The van der Waals surface area contributed by atoms with Gasteiger partial charge in [-0.25, -0.2) is 9.97 Å². The monoisotopic (exact) mass is 250 g/mol. The Balaban J connectivity index is 3.06. The van der Waals surface area contributed by atoms with Gasteiger partial charge in [-0.2, -0.15) is 5.26 Å². The van der Waals surface area contributed by atoms with Gasteiger partial charge >= 0.3 is 0 Å². The second-order valence-corrected chi connectivity index (χ2v) is 5.32. The van der Waals surface area contributed by atoms with Crippen molar-refractivity contribution in [3.05, 3.63) is 11.3 Å². The van der Waals surface area contributed by atoms with Crippen LogP contribution in [0.4, 0.5) is 5.82 Å². The number of aromatic nitrogens is 2. The molecule has 1 aromatic heterocycles. The van der Waals surface area contributed by atoms with Gasteiger partial charge in [-0.1, -0.05) is 39.0 Å².